The molecule has 1 heterocycles. The van der Waals surface area contributed by atoms with Crippen LogP contribution in [0, 0.1) is 17.0 Å². The van der Waals surface area contributed by atoms with E-state index in [4.69, 9.17) is 11.6 Å². The van der Waals surface area contributed by atoms with Crippen molar-refractivity contribution < 1.29 is 9.72 Å². The largest absolute Gasteiger partial charge is 0.294 e. The molecule has 0 aliphatic carbocycles. The number of nitro benzene ring substituents is 1. The van der Waals surface area contributed by atoms with Gasteiger partial charge in [0.1, 0.15) is 17.8 Å². The minimum absolute atomic E-state index is 0.134. The van der Waals surface area contributed by atoms with Gasteiger partial charge in [-0.25, -0.2) is 0 Å². The van der Waals surface area contributed by atoms with Crippen LogP contribution in [0.1, 0.15) is 21.7 Å². The summed E-state index contributed by atoms with van der Waals surface area (Å²) in [6, 6.07) is 10.8. The number of hydrogen-bond acceptors (Lipinski definition) is 5. The summed E-state index contributed by atoms with van der Waals surface area (Å²) in [4.78, 5) is 23.7. The van der Waals surface area contributed by atoms with Gasteiger partial charge in [-0.2, -0.15) is 0 Å². The van der Waals surface area contributed by atoms with Gasteiger partial charge in [-0.15, -0.1) is 10.2 Å². The number of carbonyl (C=O) groups excluding carboxylic acids is 1. The van der Waals surface area contributed by atoms with Crippen molar-refractivity contribution in [1.29, 1.82) is 0 Å². The third kappa shape index (κ3) is 2.77. The molecular formula is C16H11ClN4O3. The van der Waals surface area contributed by atoms with Gasteiger partial charge in [-0.05, 0) is 25.1 Å². The fourth-order valence-electron chi connectivity index (χ4n) is 2.41. The van der Waals surface area contributed by atoms with Gasteiger partial charge in [0.25, 0.3) is 5.69 Å². The topological polar surface area (TPSA) is 90.9 Å². The fourth-order valence-corrected chi connectivity index (χ4v) is 2.60. The first-order chi connectivity index (χ1) is 11.5. The minimum Gasteiger partial charge on any atom is -0.289 e. The van der Waals surface area contributed by atoms with Crippen LogP contribution in [0.5, 0.6) is 0 Å². The van der Waals surface area contributed by atoms with Crippen molar-refractivity contribution >= 4 is 23.1 Å². The van der Waals surface area contributed by atoms with E-state index in [2.05, 4.69) is 10.2 Å². The van der Waals surface area contributed by atoms with Gasteiger partial charge >= 0.3 is 0 Å². The Morgan fingerprint density at radius 3 is 2.62 bits per heavy atom. The van der Waals surface area contributed by atoms with E-state index in [0.717, 1.165) is 0 Å². The maximum atomic E-state index is 12.9. The normalized spacial score (nSPS) is 10.6. The molecule has 0 saturated heterocycles. The van der Waals surface area contributed by atoms with E-state index in [9.17, 15) is 14.9 Å². The van der Waals surface area contributed by atoms with E-state index < -0.39 is 4.92 Å². The molecule has 0 radical (unpaired) electrons. The Hall–Kier alpha value is -3.06. The average Bonchev–Trinajstić information content (AvgIpc) is 2.99. The lowest BCUT2D eigenvalue weighted by molar-refractivity contribution is -0.384. The molecule has 0 aliphatic rings. The maximum Gasteiger partial charge on any atom is 0.294 e. The van der Waals surface area contributed by atoms with Crippen LogP contribution in [-0.4, -0.2) is 25.5 Å². The van der Waals surface area contributed by atoms with Crippen molar-refractivity contribution in [3.05, 3.63) is 80.9 Å². The van der Waals surface area contributed by atoms with Crippen LogP contribution in [0.25, 0.3) is 5.69 Å². The summed E-state index contributed by atoms with van der Waals surface area (Å²) in [6.45, 7) is 1.65. The van der Waals surface area contributed by atoms with Crippen LogP contribution in [-0.2, 0) is 0 Å². The zero-order valence-corrected chi connectivity index (χ0v) is 13.3. The molecule has 3 rings (SSSR count). The van der Waals surface area contributed by atoms with Gasteiger partial charge in [0.2, 0.25) is 0 Å². The van der Waals surface area contributed by atoms with Crippen molar-refractivity contribution in [2.24, 2.45) is 0 Å². The molecule has 1 aromatic heterocycles. The number of aromatic nitrogens is 3. The second kappa shape index (κ2) is 6.21. The minimum atomic E-state index is -0.538. The van der Waals surface area contributed by atoms with Crippen LogP contribution < -0.4 is 0 Å². The molecule has 8 heteroatoms. The first-order valence-electron chi connectivity index (χ1n) is 6.93. The van der Waals surface area contributed by atoms with Gasteiger partial charge in [0.05, 0.1) is 10.5 Å². The van der Waals surface area contributed by atoms with Gasteiger partial charge in [-0.3, -0.25) is 19.5 Å². The zero-order valence-electron chi connectivity index (χ0n) is 12.5. The molecule has 0 N–H and O–H groups in total. The fraction of sp³-hybridized carbons (Fsp3) is 0.0625. The van der Waals surface area contributed by atoms with Crippen LogP contribution >= 0.6 is 11.6 Å². The highest BCUT2D eigenvalue weighted by Gasteiger charge is 2.25. The molecule has 0 saturated carbocycles. The molecule has 3 aromatic rings. The van der Waals surface area contributed by atoms with Crippen molar-refractivity contribution in [3.63, 3.8) is 0 Å². The van der Waals surface area contributed by atoms with Crippen molar-refractivity contribution in [3.8, 4) is 5.69 Å². The van der Waals surface area contributed by atoms with E-state index in [1.54, 1.807) is 25.1 Å². The number of aryl methyl sites for hydroxylation is 1. The number of nitrogens with zero attached hydrogens (tertiary/aromatic N) is 4. The van der Waals surface area contributed by atoms with E-state index in [0.29, 0.717) is 16.4 Å². The van der Waals surface area contributed by atoms with Crippen LogP contribution in [0.4, 0.5) is 5.69 Å². The number of rotatable bonds is 4. The number of halogens is 1. The van der Waals surface area contributed by atoms with Crippen molar-refractivity contribution in [2.45, 2.75) is 6.92 Å². The summed E-state index contributed by atoms with van der Waals surface area (Å²) in [5.74, 6) is 0.0637. The predicted octanol–water partition coefficient (Wildman–Crippen LogP) is 3.37. The standard InChI is InChI=1S/C16H11ClN4O3/c1-10-19-18-9-20(10)15-13(6-3-7-14(15)21(23)24)16(22)11-4-2-5-12(17)8-11/h2-9H,1H3. The lowest BCUT2D eigenvalue weighted by Gasteiger charge is -2.11. The maximum absolute atomic E-state index is 12.9. The quantitative estimate of drug-likeness (QED) is 0.412. The Morgan fingerprint density at radius 1 is 1.25 bits per heavy atom. The summed E-state index contributed by atoms with van der Waals surface area (Å²) in [5, 5.41) is 19.4. The third-order valence-corrected chi connectivity index (χ3v) is 3.74. The van der Waals surface area contributed by atoms with Gasteiger partial charge in [-0.1, -0.05) is 29.8 Å². The molecule has 7 nitrogen and oxygen atoms in total. The lowest BCUT2D eigenvalue weighted by Crippen LogP contribution is -2.10. The highest BCUT2D eigenvalue weighted by molar-refractivity contribution is 6.31. The first-order valence-corrected chi connectivity index (χ1v) is 7.31. The molecule has 0 unspecified atom stereocenters. The Balaban J connectivity index is 2.25. The monoisotopic (exact) mass is 342 g/mol. The molecule has 0 amide bonds. The Morgan fingerprint density at radius 2 is 2.00 bits per heavy atom. The average molecular weight is 343 g/mol. The van der Waals surface area contributed by atoms with E-state index in [1.165, 1.54) is 35.2 Å². The zero-order chi connectivity index (χ0) is 17.3. The first kappa shape index (κ1) is 15.8. The summed E-state index contributed by atoms with van der Waals surface area (Å²) in [7, 11) is 0. The molecule has 0 bridgehead atoms. The van der Waals surface area contributed by atoms with Crippen molar-refractivity contribution in [1.82, 2.24) is 14.8 Å². The van der Waals surface area contributed by atoms with Crippen LogP contribution in [0.15, 0.2) is 48.8 Å². The molecule has 120 valence electrons. The van der Waals surface area contributed by atoms with Gasteiger partial charge in [0.15, 0.2) is 5.78 Å². The summed E-state index contributed by atoms with van der Waals surface area (Å²) in [5.41, 5.74) is 0.449. The number of para-hydroxylation sites is 1. The van der Waals surface area contributed by atoms with Crippen LogP contribution in [0.3, 0.4) is 0 Å². The van der Waals surface area contributed by atoms with E-state index >= 15 is 0 Å². The number of benzene rings is 2. The molecular weight excluding hydrogens is 332 g/mol. The van der Waals surface area contributed by atoms with Gasteiger partial charge < -0.3 is 0 Å². The molecule has 0 atom stereocenters. The SMILES string of the molecule is Cc1nncn1-c1c(C(=O)c2cccc(Cl)c2)cccc1[N+](=O)[O-]. The summed E-state index contributed by atoms with van der Waals surface area (Å²) >= 11 is 5.94. The molecule has 0 fully saturated rings. The number of nitro groups is 1. The second-order valence-corrected chi connectivity index (χ2v) is 5.45. The highest BCUT2D eigenvalue weighted by Crippen LogP contribution is 2.29. The highest BCUT2D eigenvalue weighted by atomic mass is 35.5. The Kier molecular flexibility index (Phi) is 4.09. The smallest absolute Gasteiger partial charge is 0.289 e. The molecule has 2 aromatic carbocycles. The summed E-state index contributed by atoms with van der Waals surface area (Å²) < 4.78 is 1.43. The number of carbonyl (C=O) groups is 1. The van der Waals surface area contributed by atoms with Gasteiger partial charge in [0, 0.05) is 16.7 Å². The third-order valence-electron chi connectivity index (χ3n) is 3.50. The van der Waals surface area contributed by atoms with Crippen molar-refractivity contribution in [2.75, 3.05) is 0 Å². The molecule has 0 aliphatic heterocycles. The van der Waals surface area contributed by atoms with E-state index in [-0.39, 0.29) is 22.7 Å². The lowest BCUT2D eigenvalue weighted by atomic mass is 10.0. The second-order valence-electron chi connectivity index (χ2n) is 5.02. The predicted molar refractivity (Wildman–Crippen MR) is 87.6 cm³/mol. The molecule has 0 spiro atoms. The number of ketones is 1. The molecule has 24 heavy (non-hydrogen) atoms. The Bertz CT molecular complexity index is 952. The Labute approximate surface area is 141 Å². The van der Waals surface area contributed by atoms with Crippen LogP contribution in [0.2, 0.25) is 5.02 Å². The van der Waals surface area contributed by atoms with E-state index in [1.807, 2.05) is 0 Å². The number of hydrogen-bond donors (Lipinski definition) is 0. The summed E-state index contributed by atoms with van der Waals surface area (Å²) in [6.07, 6.45) is 1.34.